The van der Waals surface area contributed by atoms with E-state index in [0.717, 1.165) is 19.0 Å². The van der Waals surface area contributed by atoms with Gasteiger partial charge >= 0.3 is 12.1 Å². The summed E-state index contributed by atoms with van der Waals surface area (Å²) in [5, 5.41) is 5.14. The summed E-state index contributed by atoms with van der Waals surface area (Å²) in [6.07, 6.45) is -2.40. The van der Waals surface area contributed by atoms with Gasteiger partial charge in [-0.25, -0.2) is 4.79 Å². The van der Waals surface area contributed by atoms with Crippen molar-refractivity contribution in [2.45, 2.75) is 38.9 Å². The number of ether oxygens (including phenoxy) is 1. The zero-order chi connectivity index (χ0) is 20.4. The molecule has 0 atom stereocenters. The van der Waals surface area contributed by atoms with Crippen LogP contribution in [-0.4, -0.2) is 36.5 Å². The average molecular weight is 386 g/mol. The molecule has 0 aromatic heterocycles. The molecule has 0 saturated carbocycles. The van der Waals surface area contributed by atoms with Crippen LogP contribution in [0.4, 0.5) is 18.9 Å². The van der Waals surface area contributed by atoms with E-state index in [9.17, 15) is 27.6 Å². The van der Waals surface area contributed by atoms with E-state index < -0.39 is 30.4 Å². The van der Waals surface area contributed by atoms with Crippen molar-refractivity contribution in [3.8, 4) is 0 Å². The van der Waals surface area contributed by atoms with Crippen LogP contribution in [0.15, 0.2) is 36.5 Å². The molecule has 1 aromatic carbocycles. The number of halogens is 3. The van der Waals surface area contributed by atoms with Crippen LogP contribution in [0.25, 0.3) is 0 Å². The van der Waals surface area contributed by atoms with Gasteiger partial charge in [-0.1, -0.05) is 26.0 Å². The molecule has 0 aliphatic rings. The van der Waals surface area contributed by atoms with Crippen molar-refractivity contribution in [3.63, 3.8) is 0 Å². The lowest BCUT2D eigenvalue weighted by Gasteiger charge is -2.15. The zero-order valence-electron chi connectivity index (χ0n) is 14.9. The normalized spacial score (nSPS) is 11.5. The molecule has 1 amide bonds. The summed E-state index contributed by atoms with van der Waals surface area (Å²) in [4.78, 5) is 34.7. The fourth-order valence-corrected chi connectivity index (χ4v) is 2.06. The topological polar surface area (TPSA) is 84.5 Å². The van der Waals surface area contributed by atoms with E-state index in [0.29, 0.717) is 6.08 Å². The molecule has 1 aromatic rings. The van der Waals surface area contributed by atoms with Gasteiger partial charge in [0.05, 0.1) is 11.3 Å². The molecule has 0 saturated heterocycles. The molecule has 2 N–H and O–H groups in total. The highest BCUT2D eigenvalue weighted by molar-refractivity contribution is 5.97. The molecule has 0 radical (unpaired) electrons. The first kappa shape index (κ1) is 22.2. The number of allylic oxidation sites excluding steroid dienone is 1. The van der Waals surface area contributed by atoms with Crippen LogP contribution < -0.4 is 10.6 Å². The number of alkyl halides is 3. The molecule has 0 aliphatic carbocycles. The second-order valence-corrected chi connectivity index (χ2v) is 5.54. The lowest BCUT2D eigenvalue weighted by molar-refractivity contribution is -0.165. The summed E-state index contributed by atoms with van der Waals surface area (Å²) in [6, 6.07) is 5.85. The molecule has 6 nitrogen and oxygen atoms in total. The average Bonchev–Trinajstić information content (AvgIpc) is 2.63. The summed E-state index contributed by atoms with van der Waals surface area (Å²) in [5.41, 5.74) is 0.145. The summed E-state index contributed by atoms with van der Waals surface area (Å²) in [6.45, 7) is 3.35. The lowest BCUT2D eigenvalue weighted by Crippen LogP contribution is -2.36. The second kappa shape index (κ2) is 10.3. The number of carbonyl (C=O) groups is 3. The Kier molecular flexibility index (Phi) is 8.50. The predicted octanol–water partition coefficient (Wildman–Crippen LogP) is 3.21. The number of hydrogen-bond donors (Lipinski definition) is 2. The monoisotopic (exact) mass is 386 g/mol. The minimum absolute atomic E-state index is 0.0111. The van der Waals surface area contributed by atoms with Crippen molar-refractivity contribution in [2.75, 3.05) is 11.9 Å². The first-order chi connectivity index (χ1) is 12.7. The SMILES string of the molecule is CCC(CC)NC(=O)COC(=O)c1ccccc1N/C=C/C(=O)C(F)(F)F. The van der Waals surface area contributed by atoms with Crippen LogP contribution in [-0.2, 0) is 14.3 Å². The molecule has 0 unspecified atom stereocenters. The highest BCUT2D eigenvalue weighted by Gasteiger charge is 2.36. The first-order valence-electron chi connectivity index (χ1n) is 8.28. The Bertz CT molecular complexity index is 698. The van der Waals surface area contributed by atoms with E-state index in [1.54, 1.807) is 6.07 Å². The van der Waals surface area contributed by atoms with Gasteiger partial charge in [0.15, 0.2) is 6.61 Å². The molecule has 0 fully saturated rings. The van der Waals surface area contributed by atoms with Gasteiger partial charge in [-0.15, -0.1) is 0 Å². The molecule has 1 rings (SSSR count). The Hall–Kier alpha value is -2.84. The van der Waals surface area contributed by atoms with Gasteiger partial charge in [-0.2, -0.15) is 13.2 Å². The van der Waals surface area contributed by atoms with Gasteiger partial charge in [0.2, 0.25) is 0 Å². The van der Waals surface area contributed by atoms with Crippen LogP contribution in [0.5, 0.6) is 0 Å². The van der Waals surface area contributed by atoms with E-state index in [1.807, 2.05) is 13.8 Å². The molecule has 0 spiro atoms. The van der Waals surface area contributed by atoms with Crippen LogP contribution in [0.3, 0.4) is 0 Å². The largest absolute Gasteiger partial charge is 0.454 e. The molecule has 0 aliphatic heterocycles. The maximum absolute atomic E-state index is 12.2. The number of para-hydroxylation sites is 1. The third kappa shape index (κ3) is 7.51. The number of hydrogen-bond acceptors (Lipinski definition) is 5. The highest BCUT2D eigenvalue weighted by Crippen LogP contribution is 2.18. The molecule has 0 bridgehead atoms. The molecular weight excluding hydrogens is 365 g/mol. The number of anilines is 1. The number of ketones is 1. The smallest absolute Gasteiger partial charge is 0.452 e. The summed E-state index contributed by atoms with van der Waals surface area (Å²) in [5.74, 6) is -3.31. The van der Waals surface area contributed by atoms with Gasteiger partial charge in [0.1, 0.15) is 0 Å². The van der Waals surface area contributed by atoms with E-state index in [2.05, 4.69) is 10.6 Å². The fourth-order valence-electron chi connectivity index (χ4n) is 2.06. The van der Waals surface area contributed by atoms with Crippen LogP contribution in [0.2, 0.25) is 0 Å². The molecular formula is C18H21F3N2O4. The van der Waals surface area contributed by atoms with Crippen molar-refractivity contribution in [1.82, 2.24) is 5.32 Å². The van der Waals surface area contributed by atoms with Crippen LogP contribution in [0.1, 0.15) is 37.0 Å². The molecule has 148 valence electrons. The maximum atomic E-state index is 12.2. The summed E-state index contributed by atoms with van der Waals surface area (Å²) in [7, 11) is 0. The molecule has 27 heavy (non-hydrogen) atoms. The lowest BCUT2D eigenvalue weighted by atomic mass is 10.2. The standard InChI is InChI=1S/C18H21F3N2O4/c1-3-12(4-2)23-16(25)11-27-17(26)13-7-5-6-8-14(13)22-10-9-15(24)18(19,20)21/h5-10,12,22H,3-4,11H2,1-2H3,(H,23,25)/b10-9+. The third-order valence-corrected chi connectivity index (χ3v) is 3.58. The van der Waals surface area contributed by atoms with E-state index in [-0.39, 0.29) is 17.3 Å². The van der Waals surface area contributed by atoms with Crippen molar-refractivity contribution >= 4 is 23.3 Å². The predicted molar refractivity (Wildman–Crippen MR) is 93.1 cm³/mol. The minimum Gasteiger partial charge on any atom is -0.452 e. The minimum atomic E-state index is -4.97. The fraction of sp³-hybridized carbons (Fsp3) is 0.389. The third-order valence-electron chi connectivity index (χ3n) is 3.58. The van der Waals surface area contributed by atoms with Crippen molar-refractivity contribution < 1.29 is 32.3 Å². The Labute approximate surface area is 154 Å². The number of benzene rings is 1. The number of esters is 1. The Morgan fingerprint density at radius 1 is 1.15 bits per heavy atom. The Balaban J connectivity index is 2.70. The van der Waals surface area contributed by atoms with E-state index in [4.69, 9.17) is 4.74 Å². The van der Waals surface area contributed by atoms with Gasteiger partial charge in [-0.05, 0) is 25.0 Å². The number of amides is 1. The number of carbonyl (C=O) groups excluding carboxylic acids is 3. The van der Waals surface area contributed by atoms with E-state index >= 15 is 0 Å². The van der Waals surface area contributed by atoms with Gasteiger partial charge < -0.3 is 15.4 Å². The number of rotatable bonds is 9. The van der Waals surface area contributed by atoms with Crippen LogP contribution >= 0.6 is 0 Å². The summed E-state index contributed by atoms with van der Waals surface area (Å²) < 4.78 is 41.4. The highest BCUT2D eigenvalue weighted by atomic mass is 19.4. The van der Waals surface area contributed by atoms with E-state index in [1.165, 1.54) is 18.2 Å². The van der Waals surface area contributed by atoms with Crippen LogP contribution in [0, 0.1) is 0 Å². The summed E-state index contributed by atoms with van der Waals surface area (Å²) >= 11 is 0. The Morgan fingerprint density at radius 2 is 1.78 bits per heavy atom. The Morgan fingerprint density at radius 3 is 2.37 bits per heavy atom. The van der Waals surface area contributed by atoms with Gasteiger partial charge in [-0.3, -0.25) is 9.59 Å². The van der Waals surface area contributed by atoms with Crippen molar-refractivity contribution in [3.05, 3.63) is 42.1 Å². The van der Waals surface area contributed by atoms with Crippen molar-refractivity contribution in [2.24, 2.45) is 0 Å². The molecule has 0 heterocycles. The quantitative estimate of drug-likeness (QED) is 0.503. The maximum Gasteiger partial charge on any atom is 0.454 e. The zero-order valence-corrected chi connectivity index (χ0v) is 14.9. The molecule has 9 heteroatoms. The van der Waals surface area contributed by atoms with Gasteiger partial charge in [0.25, 0.3) is 11.7 Å². The van der Waals surface area contributed by atoms with Gasteiger partial charge in [0, 0.05) is 18.3 Å². The second-order valence-electron chi connectivity index (χ2n) is 5.54. The first-order valence-corrected chi connectivity index (χ1v) is 8.28. The van der Waals surface area contributed by atoms with Crippen molar-refractivity contribution in [1.29, 1.82) is 0 Å². The number of nitrogens with one attached hydrogen (secondary N) is 2.